The Morgan fingerprint density at radius 3 is 2.52 bits per heavy atom. The summed E-state index contributed by atoms with van der Waals surface area (Å²) in [5.41, 5.74) is 2.13. The lowest BCUT2D eigenvalue weighted by Crippen LogP contribution is -2.43. The van der Waals surface area contributed by atoms with E-state index in [0.717, 1.165) is 23.3 Å². The van der Waals surface area contributed by atoms with Gasteiger partial charge in [-0.15, -0.1) is 0 Å². The van der Waals surface area contributed by atoms with Crippen LogP contribution >= 0.6 is 0 Å². The van der Waals surface area contributed by atoms with Crippen LogP contribution in [0, 0.1) is 0 Å². The number of rotatable bonds is 9. The summed E-state index contributed by atoms with van der Waals surface area (Å²) >= 11 is 0. The van der Waals surface area contributed by atoms with E-state index in [1.165, 1.54) is 0 Å². The van der Waals surface area contributed by atoms with Gasteiger partial charge < -0.3 is 20.1 Å². The van der Waals surface area contributed by atoms with Crippen LogP contribution in [0.2, 0.25) is 0 Å². The number of carbonyl (C=O) groups is 1. The third-order valence-electron chi connectivity index (χ3n) is 3.76. The minimum absolute atomic E-state index is 0.0334. The van der Waals surface area contributed by atoms with Crippen molar-refractivity contribution < 1.29 is 14.6 Å². The molecule has 0 aliphatic carbocycles. The van der Waals surface area contributed by atoms with Crippen molar-refractivity contribution in [1.82, 2.24) is 10.2 Å². The highest BCUT2D eigenvalue weighted by Crippen LogP contribution is 2.29. The molecule has 0 atom stereocenters. The van der Waals surface area contributed by atoms with Crippen molar-refractivity contribution in [2.24, 2.45) is 0 Å². The summed E-state index contributed by atoms with van der Waals surface area (Å²) in [5.74, 6) is 0.795. The van der Waals surface area contributed by atoms with Crippen LogP contribution in [0.3, 0.4) is 0 Å². The average molecular weight is 342 g/mol. The molecule has 2 aromatic rings. The molecule has 0 heterocycles. The van der Waals surface area contributed by atoms with Crippen LogP contribution in [0.15, 0.2) is 54.6 Å². The number of para-hydroxylation sites is 1. The van der Waals surface area contributed by atoms with Crippen LogP contribution in [0.25, 0.3) is 11.1 Å². The Hall–Kier alpha value is -2.53. The topological polar surface area (TPSA) is 61.8 Å². The van der Waals surface area contributed by atoms with E-state index in [2.05, 4.69) is 5.32 Å². The molecular formula is C20H26N2O3. The zero-order valence-electron chi connectivity index (χ0n) is 14.6. The highest BCUT2D eigenvalue weighted by molar-refractivity contribution is 5.74. The molecular weight excluding hydrogens is 316 g/mol. The van der Waals surface area contributed by atoms with Gasteiger partial charge in [0.1, 0.15) is 12.4 Å². The van der Waals surface area contributed by atoms with E-state index < -0.39 is 0 Å². The molecule has 0 saturated heterocycles. The Kier molecular flexibility index (Phi) is 7.79. The van der Waals surface area contributed by atoms with Crippen LogP contribution in [0.4, 0.5) is 4.79 Å². The van der Waals surface area contributed by atoms with E-state index >= 15 is 0 Å². The van der Waals surface area contributed by atoms with E-state index in [-0.39, 0.29) is 12.6 Å². The lowest BCUT2D eigenvalue weighted by Gasteiger charge is -2.21. The zero-order chi connectivity index (χ0) is 17.9. The Bertz CT molecular complexity index is 640. The van der Waals surface area contributed by atoms with Crippen LogP contribution in [-0.2, 0) is 0 Å². The summed E-state index contributed by atoms with van der Waals surface area (Å²) in [5, 5.41) is 11.9. The molecule has 2 rings (SSSR count). The van der Waals surface area contributed by atoms with Gasteiger partial charge in [0.15, 0.2) is 0 Å². The first-order valence-corrected chi connectivity index (χ1v) is 8.67. The van der Waals surface area contributed by atoms with Crippen molar-refractivity contribution in [2.45, 2.75) is 13.3 Å². The number of nitrogens with zero attached hydrogens (tertiary/aromatic N) is 1. The van der Waals surface area contributed by atoms with Crippen molar-refractivity contribution in [2.75, 3.05) is 32.8 Å². The molecule has 2 amide bonds. The molecule has 0 aliphatic heterocycles. The summed E-state index contributed by atoms with van der Waals surface area (Å²) in [6.45, 7) is 3.74. The van der Waals surface area contributed by atoms with Crippen LogP contribution in [-0.4, -0.2) is 48.9 Å². The maximum atomic E-state index is 12.1. The molecule has 134 valence electrons. The van der Waals surface area contributed by atoms with Gasteiger partial charge >= 0.3 is 6.03 Å². The maximum Gasteiger partial charge on any atom is 0.317 e. The second-order valence-electron chi connectivity index (χ2n) is 5.65. The molecule has 2 N–H and O–H groups in total. The summed E-state index contributed by atoms with van der Waals surface area (Å²) < 4.78 is 5.86. The first-order valence-electron chi connectivity index (χ1n) is 8.67. The molecule has 2 aromatic carbocycles. The minimum Gasteiger partial charge on any atom is -0.491 e. The Morgan fingerprint density at radius 2 is 1.80 bits per heavy atom. The van der Waals surface area contributed by atoms with E-state index in [1.807, 2.05) is 61.5 Å². The fourth-order valence-corrected chi connectivity index (χ4v) is 2.58. The maximum absolute atomic E-state index is 12.1. The third kappa shape index (κ3) is 5.80. The van der Waals surface area contributed by atoms with Gasteiger partial charge in [-0.3, -0.25) is 0 Å². The van der Waals surface area contributed by atoms with E-state index in [4.69, 9.17) is 9.84 Å². The molecule has 5 heteroatoms. The summed E-state index contributed by atoms with van der Waals surface area (Å²) in [6.07, 6.45) is 0.856. The number of aliphatic hydroxyl groups excluding tert-OH is 1. The molecule has 0 saturated carbocycles. The number of urea groups is 1. The SMILES string of the molecule is CCCN(CCO)C(=O)NCCOc1ccccc1-c1ccccc1. The Labute approximate surface area is 149 Å². The summed E-state index contributed by atoms with van der Waals surface area (Å²) in [4.78, 5) is 13.7. The van der Waals surface area contributed by atoms with E-state index in [0.29, 0.717) is 26.2 Å². The van der Waals surface area contributed by atoms with Gasteiger partial charge in [0, 0.05) is 18.7 Å². The number of ether oxygens (including phenoxy) is 1. The first-order chi connectivity index (χ1) is 12.3. The van der Waals surface area contributed by atoms with E-state index in [9.17, 15) is 4.79 Å². The van der Waals surface area contributed by atoms with Crippen molar-refractivity contribution in [3.63, 3.8) is 0 Å². The highest BCUT2D eigenvalue weighted by Gasteiger charge is 2.11. The standard InChI is InChI=1S/C20H26N2O3/c1-2-13-22(14-15-23)20(24)21-12-16-25-19-11-7-6-10-18(19)17-8-4-3-5-9-17/h3-11,23H,2,12-16H2,1H3,(H,21,24). The number of nitrogens with one attached hydrogen (secondary N) is 1. The van der Waals surface area contributed by atoms with Crippen LogP contribution in [0.1, 0.15) is 13.3 Å². The molecule has 25 heavy (non-hydrogen) atoms. The van der Waals surface area contributed by atoms with Gasteiger partial charge in [0.2, 0.25) is 0 Å². The van der Waals surface area contributed by atoms with Gasteiger partial charge in [-0.25, -0.2) is 4.79 Å². The Balaban J connectivity index is 1.87. The van der Waals surface area contributed by atoms with Gasteiger partial charge in [0.05, 0.1) is 13.2 Å². The quantitative estimate of drug-likeness (QED) is 0.688. The molecule has 0 radical (unpaired) electrons. The lowest BCUT2D eigenvalue weighted by molar-refractivity contribution is 0.175. The molecule has 0 spiro atoms. The molecule has 0 aliphatic rings. The Morgan fingerprint density at radius 1 is 1.08 bits per heavy atom. The fraction of sp³-hybridized carbons (Fsp3) is 0.350. The number of amides is 2. The highest BCUT2D eigenvalue weighted by atomic mass is 16.5. The van der Waals surface area contributed by atoms with Crippen molar-refractivity contribution in [1.29, 1.82) is 0 Å². The molecule has 0 aromatic heterocycles. The normalized spacial score (nSPS) is 10.3. The number of hydrogen-bond donors (Lipinski definition) is 2. The number of benzene rings is 2. The molecule has 5 nitrogen and oxygen atoms in total. The molecule has 0 bridgehead atoms. The van der Waals surface area contributed by atoms with Crippen molar-refractivity contribution >= 4 is 6.03 Å². The fourth-order valence-electron chi connectivity index (χ4n) is 2.58. The minimum atomic E-state index is -0.171. The third-order valence-corrected chi connectivity index (χ3v) is 3.76. The predicted octanol–water partition coefficient (Wildman–Crippen LogP) is 3.15. The number of hydrogen-bond acceptors (Lipinski definition) is 3. The zero-order valence-corrected chi connectivity index (χ0v) is 14.6. The second kappa shape index (κ2) is 10.4. The predicted molar refractivity (Wildman–Crippen MR) is 99.7 cm³/mol. The monoisotopic (exact) mass is 342 g/mol. The molecule has 0 fully saturated rings. The van der Waals surface area contributed by atoms with Crippen LogP contribution in [0.5, 0.6) is 5.75 Å². The van der Waals surface area contributed by atoms with Crippen molar-refractivity contribution in [3.05, 3.63) is 54.6 Å². The lowest BCUT2D eigenvalue weighted by atomic mass is 10.1. The van der Waals surface area contributed by atoms with Gasteiger partial charge in [-0.1, -0.05) is 55.5 Å². The van der Waals surface area contributed by atoms with Gasteiger partial charge in [-0.05, 0) is 18.1 Å². The summed E-state index contributed by atoms with van der Waals surface area (Å²) in [7, 11) is 0. The first kappa shape index (κ1) is 18.8. The largest absolute Gasteiger partial charge is 0.491 e. The van der Waals surface area contributed by atoms with Gasteiger partial charge in [-0.2, -0.15) is 0 Å². The van der Waals surface area contributed by atoms with Gasteiger partial charge in [0.25, 0.3) is 0 Å². The number of carbonyl (C=O) groups excluding carboxylic acids is 1. The summed E-state index contributed by atoms with van der Waals surface area (Å²) in [6, 6.07) is 17.8. The molecule has 0 unspecified atom stereocenters. The van der Waals surface area contributed by atoms with E-state index in [1.54, 1.807) is 4.90 Å². The number of aliphatic hydroxyl groups is 1. The van der Waals surface area contributed by atoms with Crippen LogP contribution < -0.4 is 10.1 Å². The smallest absolute Gasteiger partial charge is 0.317 e. The second-order valence-corrected chi connectivity index (χ2v) is 5.65. The average Bonchev–Trinajstić information content (AvgIpc) is 2.66. The van der Waals surface area contributed by atoms with Crippen molar-refractivity contribution in [3.8, 4) is 16.9 Å².